The van der Waals surface area contributed by atoms with Gasteiger partial charge in [-0.3, -0.25) is 14.6 Å². The van der Waals surface area contributed by atoms with Crippen molar-refractivity contribution in [2.45, 2.75) is 32.9 Å². The molecule has 0 heterocycles. The summed E-state index contributed by atoms with van der Waals surface area (Å²) in [5, 5.41) is 0. The van der Waals surface area contributed by atoms with Gasteiger partial charge in [0.1, 0.15) is 5.70 Å². The van der Waals surface area contributed by atoms with Crippen LogP contribution in [0.1, 0.15) is 37.0 Å². The van der Waals surface area contributed by atoms with Gasteiger partial charge in [0.15, 0.2) is 5.78 Å². The molecule has 0 unspecified atom stereocenters. The number of carbonyl (C=O) groups is 2. The van der Waals surface area contributed by atoms with Crippen molar-refractivity contribution in [1.82, 2.24) is 0 Å². The summed E-state index contributed by atoms with van der Waals surface area (Å²) < 4.78 is 39.2. The molecule has 1 saturated carbocycles. The van der Waals surface area contributed by atoms with Gasteiger partial charge in [-0.05, 0) is 30.0 Å². The molecule has 140 valence electrons. The van der Waals surface area contributed by atoms with Crippen LogP contribution < -0.4 is 17.2 Å². The highest BCUT2D eigenvalue weighted by Crippen LogP contribution is 2.38. The Morgan fingerprint density at radius 3 is 2.31 bits per heavy atom. The second kappa shape index (κ2) is 6.47. The first-order chi connectivity index (χ1) is 11.8. The third-order valence-electron chi connectivity index (χ3n) is 3.99. The largest absolute Gasteiger partial charge is 0.431 e. The van der Waals surface area contributed by atoms with Crippen LogP contribution in [0.3, 0.4) is 0 Å². The Balaban J connectivity index is 2.61. The van der Waals surface area contributed by atoms with Gasteiger partial charge < -0.3 is 17.2 Å². The predicted molar refractivity (Wildman–Crippen MR) is 91.8 cm³/mol. The number of nitrogens with zero attached hydrogens (tertiary/aromatic N) is 1. The first-order valence-corrected chi connectivity index (χ1v) is 7.69. The lowest BCUT2D eigenvalue weighted by Crippen LogP contribution is -2.36. The van der Waals surface area contributed by atoms with Crippen LogP contribution in [-0.4, -0.2) is 23.6 Å². The van der Waals surface area contributed by atoms with Gasteiger partial charge in [0.2, 0.25) is 0 Å². The summed E-state index contributed by atoms with van der Waals surface area (Å²) in [6, 6.07) is 4.01. The third-order valence-corrected chi connectivity index (χ3v) is 3.99. The zero-order chi connectivity index (χ0) is 19.9. The quantitative estimate of drug-likeness (QED) is 0.548. The number of hydrogen-bond acceptors (Lipinski definition) is 5. The lowest BCUT2D eigenvalue weighted by molar-refractivity contribution is -0.119. The van der Waals surface area contributed by atoms with E-state index in [2.05, 4.69) is 4.99 Å². The molecule has 1 aromatic rings. The molecule has 2 rings (SSSR count). The molecule has 1 amide bonds. The van der Waals surface area contributed by atoms with E-state index in [4.69, 9.17) is 17.2 Å². The number of allylic oxidation sites excluding steroid dienone is 2. The first kappa shape index (κ1) is 19.5. The zero-order valence-electron chi connectivity index (χ0n) is 14.3. The Hall–Kier alpha value is -2.84. The molecule has 0 spiro atoms. The van der Waals surface area contributed by atoms with Crippen molar-refractivity contribution in [3.8, 4) is 0 Å². The van der Waals surface area contributed by atoms with Crippen LogP contribution >= 0.6 is 0 Å². The monoisotopic (exact) mass is 368 g/mol. The number of Topliss-reactive ketones (excluding diaryl/α,β-unsaturated/α-hetero) is 1. The van der Waals surface area contributed by atoms with Crippen molar-refractivity contribution >= 4 is 28.8 Å². The molecule has 1 aromatic carbocycles. The van der Waals surface area contributed by atoms with E-state index in [0.29, 0.717) is 0 Å². The Morgan fingerprint density at radius 1 is 1.19 bits per heavy atom. The molecule has 0 atom stereocenters. The van der Waals surface area contributed by atoms with Gasteiger partial charge in [-0.1, -0.05) is 13.8 Å². The van der Waals surface area contributed by atoms with Gasteiger partial charge in [-0.2, -0.15) is 13.2 Å². The Labute approximate surface area is 147 Å². The maximum Gasteiger partial charge on any atom is 0.431 e. The molecule has 26 heavy (non-hydrogen) atoms. The summed E-state index contributed by atoms with van der Waals surface area (Å²) in [6.45, 7) is 3.51. The molecular weight excluding hydrogens is 349 g/mol. The second-order valence-electron chi connectivity index (χ2n) is 6.92. The average molecular weight is 368 g/mol. The Kier molecular flexibility index (Phi) is 4.85. The summed E-state index contributed by atoms with van der Waals surface area (Å²) >= 11 is 0. The fourth-order valence-electron chi connectivity index (χ4n) is 2.83. The van der Waals surface area contributed by atoms with Crippen LogP contribution in [0.25, 0.3) is 0 Å². The van der Waals surface area contributed by atoms with E-state index in [1.54, 1.807) is 13.8 Å². The Bertz CT molecular complexity index is 839. The first-order valence-electron chi connectivity index (χ1n) is 7.69. The van der Waals surface area contributed by atoms with E-state index >= 15 is 0 Å². The third kappa shape index (κ3) is 4.04. The fraction of sp³-hybridized carbons (Fsp3) is 0.353. The van der Waals surface area contributed by atoms with Gasteiger partial charge in [0, 0.05) is 12.1 Å². The van der Waals surface area contributed by atoms with Crippen molar-refractivity contribution in [2.24, 2.45) is 21.9 Å². The van der Waals surface area contributed by atoms with Crippen molar-refractivity contribution in [3.63, 3.8) is 0 Å². The minimum absolute atomic E-state index is 0.0371. The van der Waals surface area contributed by atoms with Crippen LogP contribution in [0.5, 0.6) is 0 Å². The number of amides is 1. The summed E-state index contributed by atoms with van der Waals surface area (Å²) in [4.78, 5) is 27.7. The summed E-state index contributed by atoms with van der Waals surface area (Å²) in [6.07, 6.45) is -4.79. The van der Waals surface area contributed by atoms with E-state index in [1.165, 1.54) is 18.2 Å². The lowest BCUT2D eigenvalue weighted by atomic mass is 9.73. The zero-order valence-corrected chi connectivity index (χ0v) is 14.3. The molecule has 0 bridgehead atoms. The number of nitrogens with two attached hydrogens (primary N) is 3. The number of primary amides is 1. The van der Waals surface area contributed by atoms with Crippen molar-refractivity contribution < 1.29 is 22.8 Å². The molecule has 1 fully saturated rings. The maximum absolute atomic E-state index is 13.1. The second-order valence-corrected chi connectivity index (χ2v) is 6.92. The average Bonchev–Trinajstić information content (AvgIpc) is 2.43. The highest BCUT2D eigenvalue weighted by molar-refractivity contribution is 6.25. The highest BCUT2D eigenvalue weighted by Gasteiger charge is 2.42. The molecule has 1 aliphatic carbocycles. The fourth-order valence-corrected chi connectivity index (χ4v) is 2.83. The van der Waals surface area contributed by atoms with Crippen molar-refractivity contribution in [2.75, 3.05) is 5.73 Å². The summed E-state index contributed by atoms with van der Waals surface area (Å²) in [5.74, 6) is -1.45. The molecule has 1 aliphatic rings. The molecule has 6 nitrogen and oxygen atoms in total. The molecule has 9 heteroatoms. The van der Waals surface area contributed by atoms with E-state index in [0.717, 1.165) is 0 Å². The predicted octanol–water partition coefficient (Wildman–Crippen LogP) is 2.60. The smallest absolute Gasteiger partial charge is 0.398 e. The summed E-state index contributed by atoms with van der Waals surface area (Å²) in [5.41, 5.74) is 13.7. The molecule has 0 aliphatic heterocycles. The van der Waals surface area contributed by atoms with Crippen molar-refractivity contribution in [3.05, 3.63) is 35.0 Å². The number of carbonyl (C=O) groups excluding carboxylic acids is 2. The SMILES string of the molecule is CC1(C)CC(=O)C(=C(N)C(F)(F)F)C(=Nc2ccc(C(N)=O)c(N)c2)C1. The van der Waals surface area contributed by atoms with Gasteiger partial charge in [-0.25, -0.2) is 0 Å². The molecule has 0 aromatic heterocycles. The number of aliphatic imine (C=N–C) groups is 1. The lowest BCUT2D eigenvalue weighted by Gasteiger charge is -2.32. The number of alkyl halides is 3. The molecule has 6 N–H and O–H groups in total. The Morgan fingerprint density at radius 2 is 1.81 bits per heavy atom. The molecule has 0 saturated heterocycles. The normalized spacial score (nSPS) is 21.0. The van der Waals surface area contributed by atoms with Crippen LogP contribution in [0.2, 0.25) is 0 Å². The minimum Gasteiger partial charge on any atom is -0.398 e. The minimum atomic E-state index is -4.85. The van der Waals surface area contributed by atoms with Crippen LogP contribution in [0.15, 0.2) is 34.5 Å². The van der Waals surface area contributed by atoms with E-state index in [9.17, 15) is 22.8 Å². The van der Waals surface area contributed by atoms with E-state index in [-0.39, 0.29) is 35.5 Å². The van der Waals surface area contributed by atoms with Gasteiger partial charge in [0.05, 0.1) is 22.5 Å². The van der Waals surface area contributed by atoms with E-state index < -0.39 is 34.6 Å². The number of benzene rings is 1. The summed E-state index contributed by atoms with van der Waals surface area (Å²) in [7, 11) is 0. The number of anilines is 1. The van der Waals surface area contributed by atoms with Gasteiger partial charge >= 0.3 is 6.18 Å². The van der Waals surface area contributed by atoms with Crippen LogP contribution in [0.4, 0.5) is 24.5 Å². The number of ketones is 1. The van der Waals surface area contributed by atoms with Gasteiger partial charge in [-0.15, -0.1) is 0 Å². The highest BCUT2D eigenvalue weighted by atomic mass is 19.4. The molecule has 0 radical (unpaired) electrons. The van der Waals surface area contributed by atoms with Crippen LogP contribution in [0, 0.1) is 5.41 Å². The van der Waals surface area contributed by atoms with Crippen LogP contribution in [-0.2, 0) is 4.79 Å². The van der Waals surface area contributed by atoms with Gasteiger partial charge in [0.25, 0.3) is 5.91 Å². The number of hydrogen-bond donors (Lipinski definition) is 3. The van der Waals surface area contributed by atoms with Crippen molar-refractivity contribution in [1.29, 1.82) is 0 Å². The molecular formula is C17H19F3N4O2. The number of nitrogen functional groups attached to an aromatic ring is 1. The topological polar surface area (TPSA) is 125 Å². The number of rotatable bonds is 2. The number of halogens is 3. The maximum atomic E-state index is 13.1. The standard InChI is InChI=1S/C17H19F3N4O2/c1-16(2)6-11(13(12(25)7-16)14(22)17(18,19)20)24-8-3-4-9(15(23)26)10(21)5-8/h3-5H,6-7,21-22H2,1-2H3,(H2,23,26). The van der Waals surface area contributed by atoms with E-state index in [1.807, 2.05) is 0 Å².